The fourth-order valence-corrected chi connectivity index (χ4v) is 2.34. The Balaban J connectivity index is 2.42. The maximum atomic E-state index is 12.2. The Morgan fingerprint density at radius 2 is 2.05 bits per heavy atom. The number of hydrogen-bond donors (Lipinski definition) is 2. The van der Waals surface area contributed by atoms with Crippen LogP contribution in [0.1, 0.15) is 5.82 Å². The second-order valence-electron chi connectivity index (χ2n) is 4.74. The molecular formula is C14H16BrN3O2. The van der Waals surface area contributed by atoms with Crippen LogP contribution < -0.4 is 5.56 Å². The van der Waals surface area contributed by atoms with Gasteiger partial charge in [-0.1, -0.05) is 34.1 Å². The molecule has 20 heavy (non-hydrogen) atoms. The fourth-order valence-electron chi connectivity index (χ4n) is 1.86. The van der Waals surface area contributed by atoms with Crippen LogP contribution in [0.15, 0.2) is 33.5 Å². The number of likely N-dealkylation sites (N-methyl/N-ethyl adjacent to an activating group) is 1. The Labute approximate surface area is 125 Å². The fraction of sp³-hybridized carbons (Fsp3) is 0.286. The Kier molecular flexibility index (Phi) is 4.57. The van der Waals surface area contributed by atoms with Gasteiger partial charge in [-0.25, -0.2) is 0 Å². The number of hydrogen-bond acceptors (Lipinski definition) is 4. The normalized spacial score (nSPS) is 11.0. The van der Waals surface area contributed by atoms with Crippen molar-refractivity contribution in [3.05, 3.63) is 44.9 Å². The SMILES string of the molecule is CN(C)CCc1nc(O)c(-c2ccccc2Br)c(=O)[nH]1. The summed E-state index contributed by atoms with van der Waals surface area (Å²) in [5.74, 6) is 0.242. The quantitative estimate of drug-likeness (QED) is 0.895. The second kappa shape index (κ2) is 6.19. The van der Waals surface area contributed by atoms with Gasteiger partial charge in [0.05, 0.1) is 0 Å². The standard InChI is InChI=1S/C14H16BrN3O2/c1-18(2)8-7-11-16-13(19)12(14(20)17-11)9-5-3-4-6-10(9)15/h3-6H,7-8H2,1-2H3,(H2,16,17,19,20). The molecule has 0 bridgehead atoms. The van der Waals surface area contributed by atoms with E-state index in [1.165, 1.54) is 0 Å². The molecule has 0 fully saturated rings. The van der Waals surface area contributed by atoms with Crippen LogP contribution in [0.25, 0.3) is 11.1 Å². The third kappa shape index (κ3) is 3.26. The molecule has 1 aromatic carbocycles. The summed E-state index contributed by atoms with van der Waals surface area (Å²) in [4.78, 5) is 21.0. The molecule has 0 unspecified atom stereocenters. The third-order valence-corrected chi connectivity index (χ3v) is 3.58. The lowest BCUT2D eigenvalue weighted by Crippen LogP contribution is -2.20. The van der Waals surface area contributed by atoms with Crippen molar-refractivity contribution in [3.63, 3.8) is 0 Å². The van der Waals surface area contributed by atoms with E-state index in [2.05, 4.69) is 25.9 Å². The van der Waals surface area contributed by atoms with Crippen molar-refractivity contribution < 1.29 is 5.11 Å². The molecule has 106 valence electrons. The first-order valence-electron chi connectivity index (χ1n) is 6.21. The van der Waals surface area contributed by atoms with Crippen LogP contribution >= 0.6 is 15.9 Å². The highest BCUT2D eigenvalue weighted by Gasteiger charge is 2.15. The molecule has 0 atom stereocenters. The average molecular weight is 338 g/mol. The van der Waals surface area contributed by atoms with Gasteiger partial charge in [-0.05, 0) is 20.2 Å². The van der Waals surface area contributed by atoms with Gasteiger partial charge in [0.1, 0.15) is 11.4 Å². The molecule has 0 saturated carbocycles. The lowest BCUT2D eigenvalue weighted by Gasteiger charge is -2.10. The minimum absolute atomic E-state index is 0.186. The molecule has 2 rings (SSSR count). The maximum Gasteiger partial charge on any atom is 0.262 e. The zero-order chi connectivity index (χ0) is 14.7. The first-order chi connectivity index (χ1) is 9.49. The monoisotopic (exact) mass is 337 g/mol. The number of nitrogens with one attached hydrogen (secondary N) is 1. The first-order valence-corrected chi connectivity index (χ1v) is 7.00. The summed E-state index contributed by atoms with van der Waals surface area (Å²) in [5.41, 5.74) is 0.474. The number of halogens is 1. The summed E-state index contributed by atoms with van der Waals surface area (Å²) in [6.45, 7) is 0.747. The van der Waals surface area contributed by atoms with Gasteiger partial charge in [0.25, 0.3) is 5.56 Å². The van der Waals surface area contributed by atoms with Crippen LogP contribution in [0.4, 0.5) is 0 Å². The van der Waals surface area contributed by atoms with Crippen molar-refractivity contribution >= 4 is 15.9 Å². The molecule has 0 spiro atoms. The minimum Gasteiger partial charge on any atom is -0.493 e. The van der Waals surface area contributed by atoms with Crippen molar-refractivity contribution in [2.75, 3.05) is 20.6 Å². The van der Waals surface area contributed by atoms with Crippen LogP contribution in [0.5, 0.6) is 5.88 Å². The molecule has 2 N–H and O–H groups in total. The summed E-state index contributed by atoms with van der Waals surface area (Å²) >= 11 is 3.37. The molecule has 5 nitrogen and oxygen atoms in total. The Morgan fingerprint density at radius 3 is 2.65 bits per heavy atom. The van der Waals surface area contributed by atoms with E-state index < -0.39 is 0 Å². The molecule has 6 heteroatoms. The highest BCUT2D eigenvalue weighted by Crippen LogP contribution is 2.29. The van der Waals surface area contributed by atoms with Gasteiger partial charge in [-0.15, -0.1) is 0 Å². The van der Waals surface area contributed by atoms with Gasteiger partial charge in [0, 0.05) is 23.0 Å². The number of nitrogens with zero attached hydrogens (tertiary/aromatic N) is 2. The second-order valence-corrected chi connectivity index (χ2v) is 5.60. The zero-order valence-corrected chi connectivity index (χ0v) is 12.9. The van der Waals surface area contributed by atoms with E-state index in [0.29, 0.717) is 17.8 Å². The Bertz CT molecular complexity index is 668. The summed E-state index contributed by atoms with van der Waals surface area (Å²) in [6, 6.07) is 7.22. The molecule has 0 saturated heterocycles. The smallest absolute Gasteiger partial charge is 0.262 e. The topological polar surface area (TPSA) is 69.2 Å². The molecule has 1 heterocycles. The molecule has 2 aromatic rings. The first kappa shape index (κ1) is 14.7. The van der Waals surface area contributed by atoms with Crippen LogP contribution in [-0.4, -0.2) is 40.6 Å². The Morgan fingerprint density at radius 1 is 1.35 bits per heavy atom. The van der Waals surface area contributed by atoms with Gasteiger partial charge < -0.3 is 15.0 Å². The minimum atomic E-state index is -0.335. The summed E-state index contributed by atoms with van der Waals surface area (Å²) < 4.78 is 0.739. The van der Waals surface area contributed by atoms with Gasteiger partial charge in [0.2, 0.25) is 5.88 Å². The summed E-state index contributed by atoms with van der Waals surface area (Å²) in [6.07, 6.45) is 0.575. The number of aromatic hydroxyl groups is 1. The van der Waals surface area contributed by atoms with Gasteiger partial charge in [-0.3, -0.25) is 4.79 Å². The van der Waals surface area contributed by atoms with Crippen LogP contribution in [-0.2, 0) is 6.42 Å². The van der Waals surface area contributed by atoms with E-state index >= 15 is 0 Å². The molecule has 0 aliphatic heterocycles. The van der Waals surface area contributed by atoms with Crippen molar-refractivity contribution in [2.24, 2.45) is 0 Å². The number of benzene rings is 1. The average Bonchev–Trinajstić information content (AvgIpc) is 2.38. The molecule has 0 amide bonds. The van der Waals surface area contributed by atoms with E-state index in [4.69, 9.17) is 0 Å². The maximum absolute atomic E-state index is 12.2. The number of rotatable bonds is 4. The van der Waals surface area contributed by atoms with Crippen molar-refractivity contribution in [1.29, 1.82) is 0 Å². The van der Waals surface area contributed by atoms with Crippen molar-refractivity contribution in [2.45, 2.75) is 6.42 Å². The van der Waals surface area contributed by atoms with Gasteiger partial charge >= 0.3 is 0 Å². The van der Waals surface area contributed by atoms with E-state index in [0.717, 1.165) is 11.0 Å². The molecule has 0 aliphatic rings. The lowest BCUT2D eigenvalue weighted by atomic mass is 10.1. The van der Waals surface area contributed by atoms with Crippen molar-refractivity contribution in [3.8, 4) is 17.0 Å². The lowest BCUT2D eigenvalue weighted by molar-refractivity contribution is 0.404. The van der Waals surface area contributed by atoms with Crippen molar-refractivity contribution in [1.82, 2.24) is 14.9 Å². The van der Waals surface area contributed by atoms with E-state index in [1.54, 1.807) is 12.1 Å². The highest BCUT2D eigenvalue weighted by atomic mass is 79.9. The molecular weight excluding hydrogens is 322 g/mol. The molecule has 0 radical (unpaired) electrons. The number of H-pyrrole nitrogens is 1. The third-order valence-electron chi connectivity index (χ3n) is 2.89. The summed E-state index contributed by atoms with van der Waals surface area (Å²) in [7, 11) is 3.88. The van der Waals surface area contributed by atoms with E-state index in [-0.39, 0.29) is 17.0 Å². The molecule has 0 aliphatic carbocycles. The predicted octanol–water partition coefficient (Wildman–Crippen LogP) is 2.01. The Hall–Kier alpha value is -1.66. The van der Waals surface area contributed by atoms with E-state index in [1.807, 2.05) is 31.1 Å². The van der Waals surface area contributed by atoms with Crippen LogP contribution in [0.2, 0.25) is 0 Å². The van der Waals surface area contributed by atoms with Gasteiger partial charge in [-0.2, -0.15) is 4.98 Å². The predicted molar refractivity (Wildman–Crippen MR) is 81.9 cm³/mol. The molecule has 1 aromatic heterocycles. The summed E-state index contributed by atoms with van der Waals surface area (Å²) in [5, 5.41) is 10.0. The van der Waals surface area contributed by atoms with E-state index in [9.17, 15) is 9.90 Å². The number of aromatic amines is 1. The highest BCUT2D eigenvalue weighted by molar-refractivity contribution is 9.10. The number of aromatic nitrogens is 2. The zero-order valence-electron chi connectivity index (χ0n) is 11.4. The van der Waals surface area contributed by atoms with Crippen LogP contribution in [0, 0.1) is 0 Å². The van der Waals surface area contributed by atoms with Gasteiger partial charge in [0.15, 0.2) is 0 Å². The largest absolute Gasteiger partial charge is 0.493 e. The van der Waals surface area contributed by atoms with Crippen LogP contribution in [0.3, 0.4) is 0 Å².